The van der Waals surface area contributed by atoms with Crippen LogP contribution in [0.2, 0.25) is 0 Å². The highest BCUT2D eigenvalue weighted by Gasteiger charge is 2.09. The quantitative estimate of drug-likeness (QED) is 0.681. The Bertz CT molecular complexity index is 880. The van der Waals surface area contributed by atoms with Gasteiger partial charge in [-0.15, -0.1) is 0 Å². The maximum absolute atomic E-state index is 12.1. The summed E-state index contributed by atoms with van der Waals surface area (Å²) >= 11 is 0. The van der Waals surface area contributed by atoms with Crippen LogP contribution in [0.1, 0.15) is 24.1 Å². The summed E-state index contributed by atoms with van der Waals surface area (Å²) in [5, 5.41) is 2.95. The number of nitrogens with zero attached hydrogens (tertiary/aromatic N) is 2. The van der Waals surface area contributed by atoms with E-state index in [0.717, 1.165) is 11.1 Å². The van der Waals surface area contributed by atoms with Gasteiger partial charge in [0.2, 0.25) is 5.91 Å². The fourth-order valence-corrected chi connectivity index (χ4v) is 2.38. The zero-order valence-electron chi connectivity index (χ0n) is 14.4. The van der Waals surface area contributed by atoms with Gasteiger partial charge in [-0.2, -0.15) is 0 Å². The van der Waals surface area contributed by atoms with Gasteiger partial charge < -0.3 is 10.1 Å². The first-order chi connectivity index (χ1) is 12.7. The molecule has 130 valence electrons. The summed E-state index contributed by atoms with van der Waals surface area (Å²) in [6.45, 7) is 1.93. The molecule has 0 aliphatic rings. The molecule has 2 heterocycles. The first-order valence-corrected chi connectivity index (χ1v) is 8.27. The van der Waals surface area contributed by atoms with E-state index in [1.54, 1.807) is 43.0 Å². The molecule has 0 saturated heterocycles. The molecule has 26 heavy (non-hydrogen) atoms. The number of nitrogens with one attached hydrogen (secondary N) is 1. The van der Waals surface area contributed by atoms with Crippen LogP contribution >= 0.6 is 0 Å². The molecule has 0 spiro atoms. The van der Waals surface area contributed by atoms with Crippen molar-refractivity contribution in [2.75, 3.05) is 0 Å². The Labute approximate surface area is 152 Å². The molecule has 0 radical (unpaired) electrons. The fourth-order valence-electron chi connectivity index (χ4n) is 2.38. The lowest BCUT2D eigenvalue weighted by Crippen LogP contribution is -2.24. The second-order valence-corrected chi connectivity index (χ2v) is 5.70. The fraction of sp³-hybridized carbons (Fsp3) is 0.0952. The van der Waals surface area contributed by atoms with Crippen LogP contribution in [0.4, 0.5) is 0 Å². The van der Waals surface area contributed by atoms with Crippen molar-refractivity contribution in [1.82, 2.24) is 15.3 Å². The zero-order valence-corrected chi connectivity index (χ0v) is 14.4. The first kappa shape index (κ1) is 17.4. The van der Waals surface area contributed by atoms with Crippen LogP contribution < -0.4 is 10.1 Å². The van der Waals surface area contributed by atoms with Crippen LogP contribution in [0.5, 0.6) is 11.5 Å². The Morgan fingerprint density at radius 2 is 1.69 bits per heavy atom. The zero-order chi connectivity index (χ0) is 18.2. The van der Waals surface area contributed by atoms with E-state index in [1.807, 2.05) is 43.3 Å². The number of carbonyl (C=O) groups excluding carboxylic acids is 1. The smallest absolute Gasteiger partial charge is 0.244 e. The minimum absolute atomic E-state index is 0.148. The Balaban J connectivity index is 1.62. The number of ether oxygens (including phenoxy) is 1. The number of benzene rings is 1. The number of carbonyl (C=O) groups is 1. The van der Waals surface area contributed by atoms with Gasteiger partial charge in [-0.3, -0.25) is 14.8 Å². The second-order valence-electron chi connectivity index (χ2n) is 5.70. The molecule has 5 heteroatoms. The molecule has 1 N–H and O–H groups in total. The number of amides is 1. The van der Waals surface area contributed by atoms with E-state index in [0.29, 0.717) is 11.5 Å². The Kier molecular flexibility index (Phi) is 5.72. The van der Waals surface area contributed by atoms with E-state index >= 15 is 0 Å². The van der Waals surface area contributed by atoms with Gasteiger partial charge >= 0.3 is 0 Å². The molecule has 1 aromatic carbocycles. The van der Waals surface area contributed by atoms with Crippen LogP contribution in [-0.4, -0.2) is 15.9 Å². The Hall–Kier alpha value is -3.47. The molecule has 0 aliphatic carbocycles. The third-order valence-corrected chi connectivity index (χ3v) is 3.74. The SMILES string of the molecule is C[C@H](NC(=O)/C=C/c1ccncc1)c1cccc(Oc2ccncc2)c1. The molecule has 3 aromatic rings. The lowest BCUT2D eigenvalue weighted by Gasteiger charge is -2.14. The van der Waals surface area contributed by atoms with Crippen LogP contribution in [-0.2, 0) is 4.79 Å². The highest BCUT2D eigenvalue weighted by atomic mass is 16.5. The maximum atomic E-state index is 12.1. The highest BCUT2D eigenvalue weighted by Crippen LogP contribution is 2.24. The van der Waals surface area contributed by atoms with Crippen molar-refractivity contribution in [2.24, 2.45) is 0 Å². The lowest BCUT2D eigenvalue weighted by molar-refractivity contribution is -0.117. The average Bonchev–Trinajstić information content (AvgIpc) is 2.68. The van der Waals surface area contributed by atoms with Crippen molar-refractivity contribution in [1.29, 1.82) is 0 Å². The van der Waals surface area contributed by atoms with Gasteiger partial charge in [-0.1, -0.05) is 12.1 Å². The molecule has 2 aromatic heterocycles. The number of hydrogen-bond donors (Lipinski definition) is 1. The second kappa shape index (κ2) is 8.58. The Morgan fingerprint density at radius 1 is 1.00 bits per heavy atom. The summed E-state index contributed by atoms with van der Waals surface area (Å²) in [5.74, 6) is 1.27. The largest absolute Gasteiger partial charge is 0.457 e. The molecule has 3 rings (SSSR count). The van der Waals surface area contributed by atoms with Gasteiger partial charge in [0, 0.05) is 30.9 Å². The predicted molar refractivity (Wildman–Crippen MR) is 101 cm³/mol. The van der Waals surface area contributed by atoms with Gasteiger partial charge in [0.05, 0.1) is 6.04 Å². The van der Waals surface area contributed by atoms with Crippen molar-refractivity contribution in [2.45, 2.75) is 13.0 Å². The number of aromatic nitrogens is 2. The van der Waals surface area contributed by atoms with Gasteiger partial charge in [-0.25, -0.2) is 0 Å². The van der Waals surface area contributed by atoms with Crippen LogP contribution in [0.3, 0.4) is 0 Å². The number of pyridine rings is 2. The molecule has 1 atom stereocenters. The third kappa shape index (κ3) is 5.01. The third-order valence-electron chi connectivity index (χ3n) is 3.74. The van der Waals surface area contributed by atoms with Crippen molar-refractivity contribution >= 4 is 12.0 Å². The van der Waals surface area contributed by atoms with Crippen LogP contribution in [0, 0.1) is 0 Å². The lowest BCUT2D eigenvalue weighted by atomic mass is 10.1. The van der Waals surface area contributed by atoms with Gasteiger partial charge in [0.15, 0.2) is 0 Å². The standard InChI is InChI=1S/C21H19N3O2/c1-16(24-21(25)6-5-17-7-11-22-12-8-17)18-3-2-4-20(15-18)26-19-9-13-23-14-10-19/h2-16H,1H3,(H,24,25)/b6-5+/t16-/m0/s1. The van der Waals surface area contributed by atoms with E-state index in [9.17, 15) is 4.79 Å². The minimum Gasteiger partial charge on any atom is -0.457 e. The molecule has 0 fully saturated rings. The number of hydrogen-bond acceptors (Lipinski definition) is 4. The van der Waals surface area contributed by atoms with Gasteiger partial charge in [0.1, 0.15) is 11.5 Å². The molecule has 1 amide bonds. The minimum atomic E-state index is -0.158. The molecule has 0 saturated carbocycles. The molecular weight excluding hydrogens is 326 g/mol. The van der Waals surface area contributed by atoms with Crippen LogP contribution in [0.25, 0.3) is 6.08 Å². The topological polar surface area (TPSA) is 64.1 Å². The monoisotopic (exact) mass is 345 g/mol. The normalized spacial score (nSPS) is 11.9. The summed E-state index contributed by atoms with van der Waals surface area (Å²) in [7, 11) is 0. The summed E-state index contributed by atoms with van der Waals surface area (Å²) in [5.41, 5.74) is 1.89. The summed E-state index contributed by atoms with van der Waals surface area (Å²) in [6.07, 6.45) is 10.0. The molecule has 0 unspecified atom stereocenters. The van der Waals surface area contributed by atoms with Crippen molar-refractivity contribution < 1.29 is 9.53 Å². The molecule has 5 nitrogen and oxygen atoms in total. The highest BCUT2D eigenvalue weighted by molar-refractivity contribution is 5.91. The maximum Gasteiger partial charge on any atom is 0.244 e. The predicted octanol–water partition coefficient (Wildman–Crippen LogP) is 4.16. The van der Waals surface area contributed by atoms with E-state index in [1.165, 1.54) is 6.08 Å². The van der Waals surface area contributed by atoms with E-state index in [-0.39, 0.29) is 11.9 Å². The Morgan fingerprint density at radius 3 is 2.42 bits per heavy atom. The first-order valence-electron chi connectivity index (χ1n) is 8.27. The molecular formula is C21H19N3O2. The summed E-state index contributed by atoms with van der Waals surface area (Å²) < 4.78 is 5.81. The van der Waals surface area contributed by atoms with E-state index < -0.39 is 0 Å². The summed E-state index contributed by atoms with van der Waals surface area (Å²) in [6, 6.07) is 14.8. The van der Waals surface area contributed by atoms with Gasteiger partial charge in [0.25, 0.3) is 0 Å². The number of rotatable bonds is 6. The average molecular weight is 345 g/mol. The van der Waals surface area contributed by atoms with Crippen LogP contribution in [0.15, 0.2) is 79.4 Å². The van der Waals surface area contributed by atoms with E-state index in [2.05, 4.69) is 15.3 Å². The summed E-state index contributed by atoms with van der Waals surface area (Å²) in [4.78, 5) is 20.0. The van der Waals surface area contributed by atoms with E-state index in [4.69, 9.17) is 4.74 Å². The van der Waals surface area contributed by atoms with Crippen molar-refractivity contribution in [3.8, 4) is 11.5 Å². The molecule has 0 bridgehead atoms. The van der Waals surface area contributed by atoms with Crippen molar-refractivity contribution in [3.63, 3.8) is 0 Å². The molecule has 0 aliphatic heterocycles. The van der Waals surface area contributed by atoms with Crippen molar-refractivity contribution in [3.05, 3.63) is 90.5 Å². The van der Waals surface area contributed by atoms with Gasteiger partial charge in [-0.05, 0) is 60.5 Å².